The molecule has 0 radical (unpaired) electrons. The highest BCUT2D eigenvalue weighted by molar-refractivity contribution is 6.42. The van der Waals surface area contributed by atoms with Crippen LogP contribution in [0.25, 0.3) is 0 Å². The molecule has 1 N–H and O–H groups in total. The third-order valence-electron chi connectivity index (χ3n) is 3.52. The van der Waals surface area contributed by atoms with Gasteiger partial charge in [-0.2, -0.15) is 0 Å². The van der Waals surface area contributed by atoms with Crippen molar-refractivity contribution >= 4 is 23.2 Å². The fourth-order valence-electron chi connectivity index (χ4n) is 2.52. The van der Waals surface area contributed by atoms with E-state index in [0.29, 0.717) is 16.1 Å². The third-order valence-corrected chi connectivity index (χ3v) is 4.35. The van der Waals surface area contributed by atoms with Crippen LogP contribution in [0.2, 0.25) is 10.0 Å². The monoisotopic (exact) mass is 301 g/mol. The molecule has 106 valence electrons. The highest BCUT2D eigenvalue weighted by Gasteiger charge is 2.23. The predicted octanol–water partition coefficient (Wildman–Crippen LogP) is 4.60. The van der Waals surface area contributed by atoms with E-state index in [1.807, 2.05) is 12.1 Å². The zero-order valence-electron chi connectivity index (χ0n) is 11.3. The Hall–Kier alpha value is -0.280. The van der Waals surface area contributed by atoms with Gasteiger partial charge in [0.25, 0.3) is 0 Å². The van der Waals surface area contributed by atoms with Gasteiger partial charge in [-0.05, 0) is 43.9 Å². The van der Waals surface area contributed by atoms with Gasteiger partial charge >= 0.3 is 0 Å². The number of nitrogens with one attached hydrogen (secondary N) is 1. The Kier molecular flexibility index (Phi) is 5.96. The summed E-state index contributed by atoms with van der Waals surface area (Å²) in [6.45, 7) is 4.02. The van der Waals surface area contributed by atoms with Crippen molar-refractivity contribution in [2.45, 2.75) is 44.8 Å². The van der Waals surface area contributed by atoms with Crippen LogP contribution in [0.1, 0.15) is 44.2 Å². The first-order valence-electron chi connectivity index (χ1n) is 7.01. The van der Waals surface area contributed by atoms with Crippen LogP contribution in [0.3, 0.4) is 0 Å². The number of rotatable bonds is 6. The normalized spacial score (nSPS) is 20.7. The summed E-state index contributed by atoms with van der Waals surface area (Å²) in [4.78, 5) is 0. The van der Waals surface area contributed by atoms with E-state index in [2.05, 4.69) is 18.3 Å². The third kappa shape index (κ3) is 4.09. The number of hydrogen-bond acceptors (Lipinski definition) is 2. The molecule has 1 fully saturated rings. The quantitative estimate of drug-likeness (QED) is 0.829. The van der Waals surface area contributed by atoms with Crippen molar-refractivity contribution in [3.63, 3.8) is 0 Å². The lowest BCUT2D eigenvalue weighted by atomic mass is 9.99. The van der Waals surface area contributed by atoms with Gasteiger partial charge in [0.2, 0.25) is 0 Å². The number of ether oxygens (including phenoxy) is 1. The Balaban J connectivity index is 2.13. The number of halogens is 2. The summed E-state index contributed by atoms with van der Waals surface area (Å²) in [6.07, 6.45) is 4.70. The molecule has 0 aliphatic carbocycles. The van der Waals surface area contributed by atoms with Crippen molar-refractivity contribution in [3.8, 4) is 0 Å². The molecule has 1 saturated heterocycles. The van der Waals surface area contributed by atoms with Crippen LogP contribution < -0.4 is 5.32 Å². The second-order valence-corrected chi connectivity index (χ2v) is 5.81. The van der Waals surface area contributed by atoms with E-state index < -0.39 is 0 Å². The van der Waals surface area contributed by atoms with Crippen molar-refractivity contribution in [1.82, 2.24) is 5.32 Å². The Morgan fingerprint density at radius 2 is 2.26 bits per heavy atom. The molecule has 1 aromatic rings. The van der Waals surface area contributed by atoms with Gasteiger partial charge in [0.1, 0.15) is 0 Å². The molecule has 2 atom stereocenters. The molecule has 2 unspecified atom stereocenters. The SMILES string of the molecule is CCCNC(CC1CCCO1)c1cccc(Cl)c1Cl. The summed E-state index contributed by atoms with van der Waals surface area (Å²) in [5, 5.41) is 4.84. The van der Waals surface area contributed by atoms with E-state index in [0.717, 1.165) is 44.4 Å². The van der Waals surface area contributed by atoms with Crippen molar-refractivity contribution in [2.24, 2.45) is 0 Å². The van der Waals surface area contributed by atoms with Crippen molar-refractivity contribution in [2.75, 3.05) is 13.2 Å². The molecule has 0 aromatic heterocycles. The van der Waals surface area contributed by atoms with E-state index in [4.69, 9.17) is 27.9 Å². The molecule has 1 aliphatic rings. The van der Waals surface area contributed by atoms with Crippen LogP contribution in [0, 0.1) is 0 Å². The van der Waals surface area contributed by atoms with Gasteiger partial charge in [0, 0.05) is 12.6 Å². The second kappa shape index (κ2) is 7.49. The maximum Gasteiger partial charge on any atom is 0.0640 e. The topological polar surface area (TPSA) is 21.3 Å². The average molecular weight is 302 g/mol. The zero-order valence-corrected chi connectivity index (χ0v) is 12.8. The standard InChI is InChI=1S/C15H21Cl2NO/c1-2-8-18-14(10-11-5-4-9-19-11)12-6-3-7-13(16)15(12)17/h3,6-7,11,14,18H,2,4-5,8-10H2,1H3. The van der Waals surface area contributed by atoms with Gasteiger partial charge in [0.05, 0.1) is 16.1 Å². The Bertz CT molecular complexity index is 405. The second-order valence-electron chi connectivity index (χ2n) is 5.02. The summed E-state index contributed by atoms with van der Waals surface area (Å²) >= 11 is 12.5. The Labute approximate surface area is 125 Å². The maximum absolute atomic E-state index is 6.34. The van der Waals surface area contributed by atoms with Crippen molar-refractivity contribution < 1.29 is 4.74 Å². The summed E-state index contributed by atoms with van der Waals surface area (Å²) < 4.78 is 5.74. The first kappa shape index (κ1) is 15.1. The number of benzene rings is 1. The molecule has 2 rings (SSSR count). The molecular formula is C15H21Cl2NO. The lowest BCUT2D eigenvalue weighted by Gasteiger charge is -2.23. The molecule has 0 spiro atoms. The fourth-order valence-corrected chi connectivity index (χ4v) is 2.96. The number of hydrogen-bond donors (Lipinski definition) is 1. The van der Waals surface area contributed by atoms with Gasteiger partial charge in [0.15, 0.2) is 0 Å². The first-order valence-corrected chi connectivity index (χ1v) is 7.77. The molecule has 4 heteroatoms. The Morgan fingerprint density at radius 1 is 1.42 bits per heavy atom. The fraction of sp³-hybridized carbons (Fsp3) is 0.600. The summed E-state index contributed by atoms with van der Waals surface area (Å²) in [5.74, 6) is 0. The molecule has 19 heavy (non-hydrogen) atoms. The molecular weight excluding hydrogens is 281 g/mol. The molecule has 2 nitrogen and oxygen atoms in total. The average Bonchev–Trinajstić information content (AvgIpc) is 2.91. The molecule has 1 aromatic carbocycles. The highest BCUT2D eigenvalue weighted by atomic mass is 35.5. The minimum Gasteiger partial charge on any atom is -0.378 e. The van der Waals surface area contributed by atoms with Crippen LogP contribution in [0.15, 0.2) is 18.2 Å². The van der Waals surface area contributed by atoms with Gasteiger partial charge < -0.3 is 10.1 Å². The first-order chi connectivity index (χ1) is 9.22. The lowest BCUT2D eigenvalue weighted by molar-refractivity contribution is 0.0946. The van der Waals surface area contributed by atoms with Crippen LogP contribution in [-0.4, -0.2) is 19.3 Å². The van der Waals surface area contributed by atoms with Gasteiger partial charge in [-0.25, -0.2) is 0 Å². The smallest absolute Gasteiger partial charge is 0.0640 e. The van der Waals surface area contributed by atoms with E-state index in [1.54, 1.807) is 0 Å². The molecule has 1 aliphatic heterocycles. The molecule has 1 heterocycles. The molecule has 0 saturated carbocycles. The highest BCUT2D eigenvalue weighted by Crippen LogP contribution is 2.33. The van der Waals surface area contributed by atoms with Gasteiger partial charge in [-0.15, -0.1) is 0 Å². The minimum absolute atomic E-state index is 0.217. The zero-order chi connectivity index (χ0) is 13.7. The molecule has 0 amide bonds. The van der Waals surface area contributed by atoms with E-state index in [9.17, 15) is 0 Å². The Morgan fingerprint density at radius 3 is 2.95 bits per heavy atom. The van der Waals surface area contributed by atoms with Crippen LogP contribution in [-0.2, 0) is 4.74 Å². The minimum atomic E-state index is 0.217. The lowest BCUT2D eigenvalue weighted by Crippen LogP contribution is -2.26. The van der Waals surface area contributed by atoms with Crippen LogP contribution in [0.4, 0.5) is 0 Å². The van der Waals surface area contributed by atoms with Gasteiger partial charge in [-0.3, -0.25) is 0 Å². The van der Waals surface area contributed by atoms with E-state index in [-0.39, 0.29) is 6.04 Å². The summed E-state index contributed by atoms with van der Waals surface area (Å²) in [6, 6.07) is 6.06. The van der Waals surface area contributed by atoms with E-state index in [1.165, 1.54) is 0 Å². The summed E-state index contributed by atoms with van der Waals surface area (Å²) in [5.41, 5.74) is 1.08. The largest absolute Gasteiger partial charge is 0.378 e. The maximum atomic E-state index is 6.34. The molecule has 0 bridgehead atoms. The predicted molar refractivity (Wildman–Crippen MR) is 81.1 cm³/mol. The van der Waals surface area contributed by atoms with Crippen LogP contribution in [0.5, 0.6) is 0 Å². The van der Waals surface area contributed by atoms with Gasteiger partial charge in [-0.1, -0.05) is 42.3 Å². The van der Waals surface area contributed by atoms with Crippen LogP contribution >= 0.6 is 23.2 Å². The summed E-state index contributed by atoms with van der Waals surface area (Å²) in [7, 11) is 0. The van der Waals surface area contributed by atoms with E-state index >= 15 is 0 Å². The van der Waals surface area contributed by atoms with Crippen molar-refractivity contribution in [1.29, 1.82) is 0 Å². The van der Waals surface area contributed by atoms with Crippen molar-refractivity contribution in [3.05, 3.63) is 33.8 Å².